The normalized spacial score (nSPS) is 11.8. The van der Waals surface area contributed by atoms with Crippen LogP contribution in [-0.4, -0.2) is 32.3 Å². The van der Waals surface area contributed by atoms with Crippen molar-refractivity contribution in [1.82, 2.24) is 20.2 Å². The molecule has 0 amide bonds. The van der Waals surface area contributed by atoms with Crippen LogP contribution in [0.15, 0.2) is 54.9 Å². The molecule has 0 unspecified atom stereocenters. The van der Waals surface area contributed by atoms with Gasteiger partial charge < -0.3 is 9.47 Å². The van der Waals surface area contributed by atoms with E-state index < -0.39 is 12.1 Å². The van der Waals surface area contributed by atoms with E-state index in [-0.39, 0.29) is 5.82 Å². The van der Waals surface area contributed by atoms with Gasteiger partial charge in [0.1, 0.15) is 23.6 Å². The molecule has 0 bridgehead atoms. The summed E-state index contributed by atoms with van der Waals surface area (Å²) in [5.41, 5.74) is 0.650. The number of ether oxygens (including phenoxy) is 2. The van der Waals surface area contributed by atoms with E-state index in [1.54, 1.807) is 31.2 Å². The van der Waals surface area contributed by atoms with Crippen molar-refractivity contribution in [2.24, 2.45) is 0 Å². The van der Waals surface area contributed by atoms with Gasteiger partial charge in [-0.05, 0) is 53.7 Å². The lowest BCUT2D eigenvalue weighted by molar-refractivity contribution is -0.141. The van der Waals surface area contributed by atoms with E-state index in [0.717, 1.165) is 0 Å². The molecule has 0 radical (unpaired) electrons. The van der Waals surface area contributed by atoms with Crippen LogP contribution in [0, 0.1) is 5.82 Å². The molecule has 0 fully saturated rings. The van der Waals surface area contributed by atoms with Gasteiger partial charge >= 0.3 is 5.97 Å². The Hall–Kier alpha value is -3.29. The second-order valence-electron chi connectivity index (χ2n) is 4.89. The Balaban J connectivity index is 1.66. The molecule has 1 atom stereocenters. The number of rotatable bonds is 5. The Morgan fingerprint density at radius 1 is 1.17 bits per heavy atom. The maximum absolute atomic E-state index is 12.9. The summed E-state index contributed by atoms with van der Waals surface area (Å²) >= 11 is 0. The zero-order valence-corrected chi connectivity index (χ0v) is 12.7. The molecule has 7 nitrogen and oxygen atoms in total. The highest BCUT2D eigenvalue weighted by molar-refractivity contribution is 5.77. The van der Waals surface area contributed by atoms with E-state index in [9.17, 15) is 9.18 Å². The zero-order valence-electron chi connectivity index (χ0n) is 12.7. The van der Waals surface area contributed by atoms with E-state index in [0.29, 0.717) is 17.2 Å². The van der Waals surface area contributed by atoms with Gasteiger partial charge in [-0.15, -0.1) is 5.10 Å². The molecule has 0 aliphatic heterocycles. The topological polar surface area (TPSA) is 79.1 Å². The summed E-state index contributed by atoms with van der Waals surface area (Å²) in [6, 6.07) is 12.1. The summed E-state index contributed by atoms with van der Waals surface area (Å²) in [5, 5.41) is 10.9. The average Bonchev–Trinajstić information content (AvgIpc) is 3.12. The lowest BCUT2D eigenvalue weighted by Gasteiger charge is -2.14. The van der Waals surface area contributed by atoms with Gasteiger partial charge in [0.25, 0.3) is 0 Å². The Labute approximate surface area is 136 Å². The predicted molar refractivity (Wildman–Crippen MR) is 81.3 cm³/mol. The number of halogens is 1. The predicted octanol–water partition coefficient (Wildman–Crippen LogP) is 2.17. The monoisotopic (exact) mass is 328 g/mol. The smallest absolute Gasteiger partial charge is 0.352 e. The number of tetrazole rings is 1. The first-order valence-electron chi connectivity index (χ1n) is 7.09. The Morgan fingerprint density at radius 3 is 2.67 bits per heavy atom. The average molecular weight is 328 g/mol. The van der Waals surface area contributed by atoms with Crippen molar-refractivity contribution in [2.45, 2.75) is 13.0 Å². The van der Waals surface area contributed by atoms with Gasteiger partial charge in [0.05, 0.1) is 5.69 Å². The first-order valence-corrected chi connectivity index (χ1v) is 7.09. The summed E-state index contributed by atoms with van der Waals surface area (Å²) in [5.74, 6) is -0.240. The van der Waals surface area contributed by atoms with Gasteiger partial charge in [0.15, 0.2) is 6.10 Å². The number of benzene rings is 2. The quantitative estimate of drug-likeness (QED) is 0.527. The molecule has 0 N–H and O–H groups in total. The van der Waals surface area contributed by atoms with E-state index in [1.165, 1.54) is 35.3 Å². The second kappa shape index (κ2) is 6.86. The summed E-state index contributed by atoms with van der Waals surface area (Å²) in [7, 11) is 0. The largest absolute Gasteiger partial charge is 0.479 e. The number of aromatic nitrogens is 4. The van der Waals surface area contributed by atoms with E-state index in [2.05, 4.69) is 15.5 Å². The highest BCUT2D eigenvalue weighted by atomic mass is 19.1. The highest BCUT2D eigenvalue weighted by Gasteiger charge is 2.17. The number of hydrogen-bond acceptors (Lipinski definition) is 6. The third-order valence-corrected chi connectivity index (χ3v) is 3.11. The van der Waals surface area contributed by atoms with Crippen molar-refractivity contribution in [2.75, 3.05) is 0 Å². The van der Waals surface area contributed by atoms with Crippen LogP contribution < -0.4 is 9.47 Å². The van der Waals surface area contributed by atoms with Crippen LogP contribution in [0.3, 0.4) is 0 Å². The number of nitrogens with zero attached hydrogens (tertiary/aromatic N) is 4. The molecule has 0 aliphatic carbocycles. The maximum atomic E-state index is 12.9. The molecule has 0 saturated carbocycles. The molecule has 0 aliphatic rings. The van der Waals surface area contributed by atoms with Crippen molar-refractivity contribution in [3.05, 3.63) is 60.7 Å². The number of esters is 1. The zero-order chi connectivity index (χ0) is 16.9. The summed E-state index contributed by atoms with van der Waals surface area (Å²) in [6.07, 6.45) is 0.577. The Morgan fingerprint density at radius 2 is 1.96 bits per heavy atom. The van der Waals surface area contributed by atoms with Gasteiger partial charge in [0, 0.05) is 6.07 Å². The van der Waals surface area contributed by atoms with Gasteiger partial charge in [-0.1, -0.05) is 6.07 Å². The summed E-state index contributed by atoms with van der Waals surface area (Å²) in [4.78, 5) is 12.1. The minimum atomic E-state index is -0.854. The third kappa shape index (κ3) is 3.72. The van der Waals surface area contributed by atoms with E-state index in [1.807, 2.05) is 0 Å². The molecule has 1 aromatic heterocycles. The third-order valence-electron chi connectivity index (χ3n) is 3.11. The van der Waals surface area contributed by atoms with E-state index >= 15 is 0 Å². The van der Waals surface area contributed by atoms with Crippen molar-refractivity contribution >= 4 is 5.97 Å². The first-order chi connectivity index (χ1) is 11.6. The van der Waals surface area contributed by atoms with Gasteiger partial charge in [0.2, 0.25) is 0 Å². The van der Waals surface area contributed by atoms with Gasteiger partial charge in [-0.3, -0.25) is 0 Å². The van der Waals surface area contributed by atoms with Crippen LogP contribution in [-0.2, 0) is 4.79 Å². The van der Waals surface area contributed by atoms with Crippen LogP contribution >= 0.6 is 0 Å². The Bertz CT molecular complexity index is 822. The van der Waals surface area contributed by atoms with Crippen LogP contribution in [0.5, 0.6) is 11.5 Å². The first kappa shape index (κ1) is 15.6. The van der Waals surface area contributed by atoms with Crippen molar-refractivity contribution in [3.63, 3.8) is 0 Å². The van der Waals surface area contributed by atoms with Crippen LogP contribution in [0.4, 0.5) is 4.39 Å². The minimum absolute atomic E-state index is 0.336. The molecule has 3 aromatic rings. The van der Waals surface area contributed by atoms with Gasteiger partial charge in [-0.25, -0.2) is 13.9 Å². The summed E-state index contributed by atoms with van der Waals surface area (Å²) in [6.45, 7) is 1.55. The number of carbonyl (C=O) groups is 1. The second-order valence-corrected chi connectivity index (χ2v) is 4.89. The molecule has 2 aromatic carbocycles. The Kier molecular flexibility index (Phi) is 4.46. The molecule has 24 heavy (non-hydrogen) atoms. The fraction of sp³-hybridized carbons (Fsp3) is 0.125. The van der Waals surface area contributed by atoms with Crippen LogP contribution in [0.2, 0.25) is 0 Å². The fourth-order valence-corrected chi connectivity index (χ4v) is 1.93. The maximum Gasteiger partial charge on any atom is 0.352 e. The number of carbonyl (C=O) groups excluding carboxylic acids is 1. The van der Waals surface area contributed by atoms with Crippen LogP contribution in [0.25, 0.3) is 5.69 Å². The standard InChI is InChI=1S/C16H13FN4O3/c1-11(23-14-7-5-12(17)6-8-14)16(22)24-15-4-2-3-13(9-15)21-10-18-19-20-21/h2-11H,1H3/t11-/m0/s1. The van der Waals surface area contributed by atoms with Gasteiger partial charge in [-0.2, -0.15) is 0 Å². The molecule has 8 heteroatoms. The minimum Gasteiger partial charge on any atom is -0.479 e. The molecular weight excluding hydrogens is 315 g/mol. The van der Waals surface area contributed by atoms with Crippen molar-refractivity contribution < 1.29 is 18.7 Å². The summed E-state index contributed by atoms with van der Waals surface area (Å²) < 4.78 is 25.0. The fourth-order valence-electron chi connectivity index (χ4n) is 1.93. The van der Waals surface area contributed by atoms with Crippen molar-refractivity contribution in [1.29, 1.82) is 0 Å². The molecule has 122 valence electrons. The highest BCUT2D eigenvalue weighted by Crippen LogP contribution is 2.18. The van der Waals surface area contributed by atoms with Crippen LogP contribution in [0.1, 0.15) is 6.92 Å². The lowest BCUT2D eigenvalue weighted by atomic mass is 10.3. The van der Waals surface area contributed by atoms with E-state index in [4.69, 9.17) is 9.47 Å². The number of hydrogen-bond donors (Lipinski definition) is 0. The lowest BCUT2D eigenvalue weighted by Crippen LogP contribution is -2.28. The van der Waals surface area contributed by atoms with Crippen molar-refractivity contribution in [3.8, 4) is 17.2 Å². The molecular formula is C16H13FN4O3. The molecule has 0 saturated heterocycles. The molecule has 0 spiro atoms. The molecule has 3 rings (SSSR count). The SMILES string of the molecule is C[C@H](Oc1ccc(F)cc1)C(=O)Oc1cccc(-n2cnnn2)c1. The molecule has 1 heterocycles.